The molecule has 0 spiro atoms. The Labute approximate surface area is 137 Å². The monoisotopic (exact) mass is 315 g/mol. The molecule has 5 heteroatoms. The van der Waals surface area contributed by atoms with Gasteiger partial charge in [-0.3, -0.25) is 9.59 Å². The minimum absolute atomic E-state index is 0.0571. The van der Waals surface area contributed by atoms with E-state index >= 15 is 0 Å². The third kappa shape index (κ3) is 3.39. The summed E-state index contributed by atoms with van der Waals surface area (Å²) in [5, 5.41) is 0. The molecule has 1 unspecified atom stereocenters. The van der Waals surface area contributed by atoms with Crippen molar-refractivity contribution in [1.82, 2.24) is 4.90 Å². The van der Waals surface area contributed by atoms with Crippen LogP contribution < -0.4 is 10.6 Å². The Morgan fingerprint density at radius 1 is 1.26 bits per heavy atom. The van der Waals surface area contributed by atoms with E-state index < -0.39 is 0 Å². The first-order valence-corrected chi connectivity index (χ1v) is 8.51. The van der Waals surface area contributed by atoms with Crippen LogP contribution in [0.25, 0.3) is 0 Å². The molecule has 2 heterocycles. The Hall–Kier alpha value is -1.88. The molecule has 2 N–H and O–H groups in total. The fourth-order valence-corrected chi connectivity index (χ4v) is 3.54. The lowest BCUT2D eigenvalue weighted by Gasteiger charge is -2.33. The number of likely N-dealkylation sites (tertiary alicyclic amines) is 1. The minimum Gasteiger partial charge on any atom is -0.339 e. The first kappa shape index (κ1) is 16.0. The van der Waals surface area contributed by atoms with Gasteiger partial charge in [0.25, 0.3) is 5.91 Å². The number of nitrogens with zero attached hydrogens (tertiary/aromatic N) is 2. The number of nitrogens with two attached hydrogens (primary N) is 1. The summed E-state index contributed by atoms with van der Waals surface area (Å²) in [5.74, 6) is 0.710. The fourth-order valence-electron chi connectivity index (χ4n) is 3.54. The molecule has 1 atom stereocenters. The molecule has 2 aliphatic heterocycles. The van der Waals surface area contributed by atoms with Crippen molar-refractivity contribution >= 4 is 17.5 Å². The van der Waals surface area contributed by atoms with Gasteiger partial charge in [-0.1, -0.05) is 6.07 Å². The van der Waals surface area contributed by atoms with Crippen LogP contribution in [0, 0.1) is 5.92 Å². The molecule has 5 nitrogen and oxygen atoms in total. The van der Waals surface area contributed by atoms with Crippen LogP contribution in [0.5, 0.6) is 0 Å². The highest BCUT2D eigenvalue weighted by Crippen LogP contribution is 2.25. The molecule has 0 bridgehead atoms. The number of rotatable bonds is 3. The maximum Gasteiger partial charge on any atom is 0.253 e. The second kappa shape index (κ2) is 6.71. The minimum atomic E-state index is 0.0571. The molecule has 2 amide bonds. The molecular formula is C18H25N3O2. The van der Waals surface area contributed by atoms with Crippen LogP contribution in [0.15, 0.2) is 24.3 Å². The summed E-state index contributed by atoms with van der Waals surface area (Å²) in [4.78, 5) is 28.3. The van der Waals surface area contributed by atoms with Crippen molar-refractivity contribution < 1.29 is 9.59 Å². The number of carbonyl (C=O) groups excluding carboxylic acids is 2. The first-order chi connectivity index (χ1) is 11.1. The summed E-state index contributed by atoms with van der Waals surface area (Å²) in [7, 11) is 0. The van der Waals surface area contributed by atoms with Gasteiger partial charge in [-0.2, -0.15) is 0 Å². The van der Waals surface area contributed by atoms with Crippen LogP contribution in [-0.2, 0) is 4.79 Å². The first-order valence-electron chi connectivity index (χ1n) is 8.51. The molecule has 23 heavy (non-hydrogen) atoms. The van der Waals surface area contributed by atoms with E-state index in [2.05, 4.69) is 0 Å². The number of amides is 2. The molecule has 1 aromatic rings. The lowest BCUT2D eigenvalue weighted by molar-refractivity contribution is -0.117. The van der Waals surface area contributed by atoms with E-state index in [1.807, 2.05) is 36.1 Å². The molecule has 1 aromatic carbocycles. The molecule has 0 radical (unpaired) electrons. The van der Waals surface area contributed by atoms with Gasteiger partial charge in [-0.25, -0.2) is 0 Å². The zero-order chi connectivity index (χ0) is 16.4. The summed E-state index contributed by atoms with van der Waals surface area (Å²) >= 11 is 0. The van der Waals surface area contributed by atoms with E-state index in [9.17, 15) is 9.59 Å². The van der Waals surface area contributed by atoms with Crippen LogP contribution in [0.2, 0.25) is 0 Å². The summed E-state index contributed by atoms with van der Waals surface area (Å²) in [5.41, 5.74) is 7.47. The lowest BCUT2D eigenvalue weighted by atomic mass is 9.90. The third-order valence-corrected chi connectivity index (χ3v) is 5.05. The zero-order valence-electron chi connectivity index (χ0n) is 13.7. The van der Waals surface area contributed by atoms with Crippen molar-refractivity contribution in [3.05, 3.63) is 29.8 Å². The predicted octanol–water partition coefficient (Wildman–Crippen LogP) is 2.01. The maximum atomic E-state index is 12.7. The molecule has 2 aliphatic rings. The molecule has 2 saturated heterocycles. The Kier molecular flexibility index (Phi) is 4.66. The summed E-state index contributed by atoms with van der Waals surface area (Å²) < 4.78 is 0. The average molecular weight is 315 g/mol. The zero-order valence-corrected chi connectivity index (χ0v) is 13.7. The van der Waals surface area contributed by atoms with E-state index in [1.54, 1.807) is 4.90 Å². The highest BCUT2D eigenvalue weighted by molar-refractivity contribution is 5.99. The van der Waals surface area contributed by atoms with Crippen molar-refractivity contribution in [1.29, 1.82) is 0 Å². The van der Waals surface area contributed by atoms with Crippen LogP contribution in [0.1, 0.15) is 43.0 Å². The highest BCUT2D eigenvalue weighted by Gasteiger charge is 2.26. The number of anilines is 1. The molecule has 0 saturated carbocycles. The lowest BCUT2D eigenvalue weighted by Crippen LogP contribution is -2.42. The Morgan fingerprint density at radius 2 is 2.00 bits per heavy atom. The van der Waals surface area contributed by atoms with Gasteiger partial charge in [0.1, 0.15) is 0 Å². The van der Waals surface area contributed by atoms with E-state index in [0.717, 1.165) is 44.6 Å². The van der Waals surface area contributed by atoms with Gasteiger partial charge in [0, 0.05) is 43.3 Å². The van der Waals surface area contributed by atoms with E-state index in [4.69, 9.17) is 5.73 Å². The van der Waals surface area contributed by atoms with Crippen LogP contribution in [0.3, 0.4) is 0 Å². The quantitative estimate of drug-likeness (QED) is 0.928. The standard InChI is InChI=1S/C18H25N3O2/c1-13(19)14-7-10-20(11-8-14)18(23)15-4-2-5-16(12-15)21-9-3-6-17(21)22/h2,4-5,12-14H,3,6-11,19H2,1H3. The summed E-state index contributed by atoms with van der Waals surface area (Å²) in [6, 6.07) is 7.65. The van der Waals surface area contributed by atoms with Crippen molar-refractivity contribution in [2.45, 2.75) is 38.6 Å². The average Bonchev–Trinajstić information content (AvgIpc) is 3.00. The number of carbonyl (C=O) groups is 2. The molecule has 0 aromatic heterocycles. The van der Waals surface area contributed by atoms with Crippen LogP contribution in [0.4, 0.5) is 5.69 Å². The van der Waals surface area contributed by atoms with Gasteiger partial charge < -0.3 is 15.5 Å². The van der Waals surface area contributed by atoms with Gasteiger partial charge >= 0.3 is 0 Å². The normalized spacial score (nSPS) is 20.9. The smallest absolute Gasteiger partial charge is 0.253 e. The third-order valence-electron chi connectivity index (χ3n) is 5.05. The number of hydrogen-bond donors (Lipinski definition) is 1. The SMILES string of the molecule is CC(N)C1CCN(C(=O)c2cccc(N3CCCC3=O)c2)CC1. The van der Waals surface area contributed by atoms with Gasteiger partial charge in [0.2, 0.25) is 5.91 Å². The van der Waals surface area contributed by atoms with Crippen LogP contribution >= 0.6 is 0 Å². The summed E-state index contributed by atoms with van der Waals surface area (Å²) in [6.45, 7) is 4.31. The number of piperidine rings is 1. The predicted molar refractivity (Wildman–Crippen MR) is 90.3 cm³/mol. The second-order valence-corrected chi connectivity index (χ2v) is 6.69. The van der Waals surface area contributed by atoms with Gasteiger partial charge in [0.05, 0.1) is 0 Å². The topological polar surface area (TPSA) is 66.6 Å². The Bertz CT molecular complexity index is 592. The molecule has 3 rings (SSSR count). The molecule has 0 aliphatic carbocycles. The fraction of sp³-hybridized carbons (Fsp3) is 0.556. The maximum absolute atomic E-state index is 12.7. The van der Waals surface area contributed by atoms with Gasteiger partial charge in [0.15, 0.2) is 0 Å². The highest BCUT2D eigenvalue weighted by atomic mass is 16.2. The Morgan fingerprint density at radius 3 is 2.61 bits per heavy atom. The van der Waals surface area contributed by atoms with E-state index in [1.165, 1.54) is 0 Å². The van der Waals surface area contributed by atoms with Crippen molar-refractivity contribution in [3.63, 3.8) is 0 Å². The molecule has 2 fully saturated rings. The van der Waals surface area contributed by atoms with Crippen molar-refractivity contribution in [2.75, 3.05) is 24.5 Å². The largest absolute Gasteiger partial charge is 0.339 e. The van der Waals surface area contributed by atoms with E-state index in [-0.39, 0.29) is 17.9 Å². The number of benzene rings is 1. The van der Waals surface area contributed by atoms with Gasteiger partial charge in [-0.05, 0) is 50.3 Å². The Balaban J connectivity index is 1.69. The molecular weight excluding hydrogens is 290 g/mol. The molecule has 124 valence electrons. The second-order valence-electron chi connectivity index (χ2n) is 6.69. The van der Waals surface area contributed by atoms with Crippen molar-refractivity contribution in [3.8, 4) is 0 Å². The van der Waals surface area contributed by atoms with Crippen molar-refractivity contribution in [2.24, 2.45) is 11.7 Å². The summed E-state index contributed by atoms with van der Waals surface area (Å²) in [6.07, 6.45) is 3.42. The van der Waals surface area contributed by atoms with Crippen LogP contribution in [-0.4, -0.2) is 42.4 Å². The van der Waals surface area contributed by atoms with Gasteiger partial charge in [-0.15, -0.1) is 0 Å². The number of hydrogen-bond acceptors (Lipinski definition) is 3. The van der Waals surface area contributed by atoms with E-state index in [0.29, 0.717) is 17.9 Å².